The lowest BCUT2D eigenvalue weighted by molar-refractivity contribution is -0.129. The summed E-state index contributed by atoms with van der Waals surface area (Å²) in [6, 6.07) is 2.31. The number of amides is 1. The second-order valence-electron chi connectivity index (χ2n) is 4.75. The van der Waals surface area contributed by atoms with Crippen LogP contribution in [0, 0.1) is 0 Å². The van der Waals surface area contributed by atoms with Crippen molar-refractivity contribution in [3.8, 4) is 0 Å². The minimum absolute atomic E-state index is 0.144. The Hall–Kier alpha value is -1.30. The van der Waals surface area contributed by atoms with Crippen molar-refractivity contribution in [1.82, 2.24) is 14.9 Å². The molecule has 0 spiro atoms. The number of carbonyl (C=O) groups is 1. The van der Waals surface area contributed by atoms with Gasteiger partial charge in [-0.05, 0) is 25.2 Å². The van der Waals surface area contributed by atoms with Crippen molar-refractivity contribution in [2.45, 2.75) is 31.0 Å². The summed E-state index contributed by atoms with van der Waals surface area (Å²) in [4.78, 5) is 24.2. The molecule has 5 nitrogen and oxygen atoms in total. The van der Waals surface area contributed by atoms with Gasteiger partial charge in [-0.3, -0.25) is 4.79 Å². The third-order valence-electron chi connectivity index (χ3n) is 3.63. The third-order valence-corrected chi connectivity index (χ3v) is 4.20. The van der Waals surface area contributed by atoms with Crippen LogP contribution in [0.4, 0.5) is 5.82 Å². The fourth-order valence-corrected chi connectivity index (χ4v) is 2.70. The lowest BCUT2D eigenvalue weighted by Crippen LogP contribution is -2.45. The Morgan fingerprint density at radius 1 is 1.47 bits per heavy atom. The number of thioether (sulfide) groups is 1. The topological polar surface area (TPSA) is 49.3 Å². The maximum atomic E-state index is 11.4. The molecule has 0 aromatic carbocycles. The maximum Gasteiger partial charge on any atom is 0.219 e. The normalized spacial score (nSPS) is 16.5. The van der Waals surface area contributed by atoms with E-state index in [0.29, 0.717) is 6.04 Å². The number of nitrogens with zero attached hydrogens (tertiary/aromatic N) is 4. The highest BCUT2D eigenvalue weighted by Crippen LogP contribution is 2.21. The monoisotopic (exact) mass is 280 g/mol. The van der Waals surface area contributed by atoms with E-state index in [4.69, 9.17) is 0 Å². The fourth-order valence-electron chi connectivity index (χ4n) is 2.35. The van der Waals surface area contributed by atoms with Gasteiger partial charge >= 0.3 is 0 Å². The number of hydrogen-bond acceptors (Lipinski definition) is 5. The highest BCUT2D eigenvalue weighted by Gasteiger charge is 2.24. The first-order chi connectivity index (χ1) is 9.11. The minimum atomic E-state index is 0.144. The molecule has 0 saturated carbocycles. The van der Waals surface area contributed by atoms with Crippen molar-refractivity contribution in [3.05, 3.63) is 12.3 Å². The zero-order valence-corrected chi connectivity index (χ0v) is 12.5. The van der Waals surface area contributed by atoms with E-state index in [0.717, 1.165) is 36.9 Å². The summed E-state index contributed by atoms with van der Waals surface area (Å²) in [6.07, 6.45) is 5.78. The van der Waals surface area contributed by atoms with Gasteiger partial charge < -0.3 is 9.80 Å². The van der Waals surface area contributed by atoms with Gasteiger partial charge in [0.25, 0.3) is 0 Å². The van der Waals surface area contributed by atoms with E-state index in [1.165, 1.54) is 0 Å². The quantitative estimate of drug-likeness (QED) is 0.622. The second-order valence-corrected chi connectivity index (χ2v) is 5.52. The number of rotatable bonds is 3. The molecule has 0 bridgehead atoms. The summed E-state index contributed by atoms with van der Waals surface area (Å²) in [5, 5.41) is 0.806. The summed E-state index contributed by atoms with van der Waals surface area (Å²) < 4.78 is 0. The third kappa shape index (κ3) is 3.37. The van der Waals surface area contributed by atoms with Crippen LogP contribution in [0.25, 0.3) is 0 Å². The summed E-state index contributed by atoms with van der Waals surface area (Å²) in [6.45, 7) is 3.50. The van der Waals surface area contributed by atoms with Crippen molar-refractivity contribution in [2.75, 3.05) is 31.3 Å². The number of aromatic nitrogens is 2. The molecule has 1 aliphatic heterocycles. The summed E-state index contributed by atoms with van der Waals surface area (Å²) in [5.41, 5.74) is 0. The smallest absolute Gasteiger partial charge is 0.219 e. The predicted octanol–water partition coefficient (Wildman–Crippen LogP) is 1.65. The second kappa shape index (κ2) is 6.23. The molecule has 1 aromatic rings. The van der Waals surface area contributed by atoms with Gasteiger partial charge in [0.2, 0.25) is 5.91 Å². The maximum absolute atomic E-state index is 11.4. The molecule has 2 heterocycles. The van der Waals surface area contributed by atoms with Crippen LogP contribution in [0.15, 0.2) is 17.4 Å². The molecule has 1 saturated heterocycles. The van der Waals surface area contributed by atoms with E-state index in [1.807, 2.05) is 30.5 Å². The Kier molecular flexibility index (Phi) is 4.63. The van der Waals surface area contributed by atoms with Crippen LogP contribution >= 0.6 is 11.8 Å². The van der Waals surface area contributed by atoms with Crippen molar-refractivity contribution in [2.24, 2.45) is 0 Å². The van der Waals surface area contributed by atoms with E-state index in [1.54, 1.807) is 18.7 Å². The highest BCUT2D eigenvalue weighted by atomic mass is 32.2. The van der Waals surface area contributed by atoms with Crippen molar-refractivity contribution < 1.29 is 4.79 Å². The lowest BCUT2D eigenvalue weighted by Gasteiger charge is -2.36. The molecule has 1 aliphatic rings. The highest BCUT2D eigenvalue weighted by molar-refractivity contribution is 7.98. The molecular formula is C13H20N4OS. The van der Waals surface area contributed by atoms with Crippen molar-refractivity contribution in [3.63, 3.8) is 0 Å². The molecule has 0 atom stereocenters. The molecule has 19 heavy (non-hydrogen) atoms. The van der Waals surface area contributed by atoms with Crippen LogP contribution < -0.4 is 4.90 Å². The molecule has 6 heteroatoms. The van der Waals surface area contributed by atoms with E-state index >= 15 is 0 Å². The zero-order valence-electron chi connectivity index (χ0n) is 11.7. The van der Waals surface area contributed by atoms with Crippen LogP contribution in [-0.4, -0.2) is 53.2 Å². The summed E-state index contributed by atoms with van der Waals surface area (Å²) in [5.74, 6) is 1.13. The van der Waals surface area contributed by atoms with E-state index < -0.39 is 0 Å². The number of anilines is 1. The SMILES string of the molecule is CSc1nccc(N2CCC(N(C)C(C)=O)CC2)n1. The first-order valence-electron chi connectivity index (χ1n) is 6.47. The van der Waals surface area contributed by atoms with Gasteiger partial charge in [0.05, 0.1) is 0 Å². The van der Waals surface area contributed by atoms with Crippen LogP contribution in [0.5, 0.6) is 0 Å². The average molecular weight is 280 g/mol. The number of piperidine rings is 1. The fraction of sp³-hybridized carbons (Fsp3) is 0.615. The molecule has 2 rings (SSSR count). The lowest BCUT2D eigenvalue weighted by atomic mass is 10.0. The zero-order chi connectivity index (χ0) is 13.8. The molecular weight excluding hydrogens is 260 g/mol. The molecule has 0 radical (unpaired) electrons. The molecule has 1 aromatic heterocycles. The van der Waals surface area contributed by atoms with Gasteiger partial charge in [-0.15, -0.1) is 0 Å². The van der Waals surface area contributed by atoms with Gasteiger partial charge in [-0.2, -0.15) is 0 Å². The Labute approximate surface area is 118 Å². The van der Waals surface area contributed by atoms with Gasteiger partial charge in [0.15, 0.2) is 5.16 Å². The van der Waals surface area contributed by atoms with E-state index in [9.17, 15) is 4.79 Å². The first kappa shape index (κ1) is 14.1. The van der Waals surface area contributed by atoms with Crippen molar-refractivity contribution >= 4 is 23.5 Å². The molecule has 0 aliphatic carbocycles. The molecule has 0 N–H and O–H groups in total. The minimum Gasteiger partial charge on any atom is -0.356 e. The molecule has 0 unspecified atom stereocenters. The Morgan fingerprint density at radius 2 is 2.16 bits per heavy atom. The van der Waals surface area contributed by atoms with E-state index in [-0.39, 0.29) is 5.91 Å². The van der Waals surface area contributed by atoms with Gasteiger partial charge in [-0.25, -0.2) is 9.97 Å². The summed E-state index contributed by atoms with van der Waals surface area (Å²) in [7, 11) is 1.89. The first-order valence-corrected chi connectivity index (χ1v) is 7.69. The van der Waals surface area contributed by atoms with Crippen molar-refractivity contribution in [1.29, 1.82) is 0 Å². The predicted molar refractivity (Wildman–Crippen MR) is 77.5 cm³/mol. The van der Waals surface area contributed by atoms with E-state index in [2.05, 4.69) is 14.9 Å². The molecule has 1 fully saturated rings. The van der Waals surface area contributed by atoms with Crippen LogP contribution in [0.3, 0.4) is 0 Å². The largest absolute Gasteiger partial charge is 0.356 e. The standard InChI is InChI=1S/C13H20N4OS/c1-10(18)16(2)11-5-8-17(9-6-11)12-4-7-14-13(15-12)19-3/h4,7,11H,5-6,8-9H2,1-3H3. The average Bonchev–Trinajstić information content (AvgIpc) is 2.46. The van der Waals surface area contributed by atoms with Crippen LogP contribution in [0.2, 0.25) is 0 Å². The van der Waals surface area contributed by atoms with Crippen LogP contribution in [0.1, 0.15) is 19.8 Å². The molecule has 104 valence electrons. The van der Waals surface area contributed by atoms with Gasteiger partial charge in [0.1, 0.15) is 5.82 Å². The molecule has 1 amide bonds. The van der Waals surface area contributed by atoms with Gasteiger partial charge in [-0.1, -0.05) is 11.8 Å². The summed E-state index contributed by atoms with van der Waals surface area (Å²) >= 11 is 1.55. The van der Waals surface area contributed by atoms with Gasteiger partial charge in [0, 0.05) is 39.3 Å². The number of hydrogen-bond donors (Lipinski definition) is 0. The Balaban J connectivity index is 1.97. The Bertz CT molecular complexity index is 446. The van der Waals surface area contributed by atoms with Crippen LogP contribution in [-0.2, 0) is 4.79 Å². The Morgan fingerprint density at radius 3 is 2.74 bits per heavy atom. The number of carbonyl (C=O) groups excluding carboxylic acids is 1.